The van der Waals surface area contributed by atoms with E-state index in [1.807, 2.05) is 11.6 Å². The summed E-state index contributed by atoms with van der Waals surface area (Å²) in [5.74, 6) is 1.67. The summed E-state index contributed by atoms with van der Waals surface area (Å²) in [6.45, 7) is 4.78. The van der Waals surface area contributed by atoms with Crippen LogP contribution in [0.5, 0.6) is 0 Å². The molecule has 1 atom stereocenters. The second kappa shape index (κ2) is 5.23. The molecule has 0 saturated carbocycles. The van der Waals surface area contributed by atoms with Gasteiger partial charge in [-0.15, -0.1) is 11.3 Å². The number of aryl methyl sites for hydroxylation is 1. The highest BCUT2D eigenvalue weighted by atomic mass is 32.1. The lowest BCUT2D eigenvalue weighted by atomic mass is 10.3. The highest BCUT2D eigenvalue weighted by molar-refractivity contribution is 7.09. The maximum atomic E-state index is 5.51. The Balaban J connectivity index is 1.87. The number of thiazole rings is 1. The molecule has 0 bridgehead atoms. The Morgan fingerprint density at radius 3 is 3.00 bits per heavy atom. The van der Waals surface area contributed by atoms with Crippen LogP contribution >= 0.6 is 11.3 Å². The molecule has 1 N–H and O–H groups in total. The minimum atomic E-state index is 0.233. The zero-order valence-corrected chi connectivity index (χ0v) is 10.3. The number of hydrogen-bond acceptors (Lipinski definition) is 5. The van der Waals surface area contributed by atoms with Crippen molar-refractivity contribution in [3.8, 4) is 0 Å². The lowest BCUT2D eigenvalue weighted by Crippen LogP contribution is -2.17. The van der Waals surface area contributed by atoms with E-state index in [0.29, 0.717) is 6.54 Å². The lowest BCUT2D eigenvalue weighted by Gasteiger charge is -2.08. The third kappa shape index (κ3) is 2.68. The maximum Gasteiger partial charge on any atom is 0.208 e. The predicted octanol–water partition coefficient (Wildman–Crippen LogP) is 2.54. The van der Waals surface area contributed by atoms with E-state index < -0.39 is 0 Å². The molecule has 2 aromatic heterocycles. The molecule has 86 valence electrons. The topological polar surface area (TPSA) is 51.0 Å². The molecule has 1 unspecified atom stereocenters. The normalized spacial score (nSPS) is 12.9. The first-order valence-corrected chi connectivity index (χ1v) is 6.24. The summed E-state index contributed by atoms with van der Waals surface area (Å²) in [6, 6.07) is 0.233. The number of nitrogens with zero attached hydrogens (tertiary/aromatic N) is 2. The Morgan fingerprint density at radius 1 is 1.50 bits per heavy atom. The van der Waals surface area contributed by atoms with Crippen molar-refractivity contribution in [3.63, 3.8) is 0 Å². The highest BCUT2D eigenvalue weighted by Gasteiger charge is 2.09. The van der Waals surface area contributed by atoms with Crippen LogP contribution in [-0.4, -0.2) is 9.97 Å². The summed E-state index contributed by atoms with van der Waals surface area (Å²) in [5, 5.41) is 6.40. The molecule has 2 rings (SSSR count). The molecule has 0 aliphatic rings. The zero-order valence-electron chi connectivity index (χ0n) is 9.43. The summed E-state index contributed by atoms with van der Waals surface area (Å²) in [4.78, 5) is 8.45. The molecule has 5 heteroatoms. The van der Waals surface area contributed by atoms with E-state index in [0.717, 1.165) is 23.1 Å². The van der Waals surface area contributed by atoms with Gasteiger partial charge in [0, 0.05) is 18.0 Å². The molecule has 0 fully saturated rings. The minimum Gasteiger partial charge on any atom is -0.444 e. The fourth-order valence-corrected chi connectivity index (χ4v) is 2.04. The van der Waals surface area contributed by atoms with Crippen LogP contribution in [-0.2, 0) is 13.0 Å². The SMILES string of the molecule is CCc1cnc(CNC(C)c2nccs2)o1. The van der Waals surface area contributed by atoms with Crippen molar-refractivity contribution in [3.05, 3.63) is 34.4 Å². The van der Waals surface area contributed by atoms with Crippen molar-refractivity contribution < 1.29 is 4.42 Å². The van der Waals surface area contributed by atoms with Gasteiger partial charge in [-0.1, -0.05) is 6.92 Å². The molecular weight excluding hydrogens is 222 g/mol. The van der Waals surface area contributed by atoms with Gasteiger partial charge in [-0.2, -0.15) is 0 Å². The van der Waals surface area contributed by atoms with Crippen molar-refractivity contribution >= 4 is 11.3 Å². The van der Waals surface area contributed by atoms with Gasteiger partial charge < -0.3 is 4.42 Å². The molecule has 0 radical (unpaired) electrons. The van der Waals surface area contributed by atoms with Crippen LogP contribution in [0.4, 0.5) is 0 Å². The van der Waals surface area contributed by atoms with Gasteiger partial charge in [0.15, 0.2) is 0 Å². The summed E-state index contributed by atoms with van der Waals surface area (Å²) >= 11 is 1.65. The molecule has 4 nitrogen and oxygen atoms in total. The number of oxazole rings is 1. The van der Waals surface area contributed by atoms with Crippen LogP contribution in [0.25, 0.3) is 0 Å². The van der Waals surface area contributed by atoms with Gasteiger partial charge in [-0.3, -0.25) is 5.32 Å². The van der Waals surface area contributed by atoms with Crippen LogP contribution in [0, 0.1) is 0 Å². The first-order chi connectivity index (χ1) is 7.79. The van der Waals surface area contributed by atoms with Crippen LogP contribution < -0.4 is 5.32 Å². The van der Waals surface area contributed by atoms with E-state index in [1.54, 1.807) is 17.5 Å². The van der Waals surface area contributed by atoms with E-state index in [4.69, 9.17) is 4.42 Å². The van der Waals surface area contributed by atoms with Gasteiger partial charge >= 0.3 is 0 Å². The Hall–Kier alpha value is -1.20. The molecule has 0 aromatic carbocycles. The first kappa shape index (κ1) is 11.3. The van der Waals surface area contributed by atoms with Gasteiger partial charge in [-0.05, 0) is 6.92 Å². The van der Waals surface area contributed by atoms with E-state index >= 15 is 0 Å². The fourth-order valence-electron chi connectivity index (χ4n) is 1.37. The van der Waals surface area contributed by atoms with Crippen LogP contribution in [0.15, 0.2) is 22.2 Å². The van der Waals surface area contributed by atoms with Gasteiger partial charge in [0.1, 0.15) is 10.8 Å². The zero-order chi connectivity index (χ0) is 11.4. The number of hydrogen-bond donors (Lipinski definition) is 1. The van der Waals surface area contributed by atoms with Crippen LogP contribution in [0.1, 0.15) is 36.5 Å². The molecular formula is C11H15N3OS. The second-order valence-corrected chi connectivity index (χ2v) is 4.47. The van der Waals surface area contributed by atoms with Crippen molar-refractivity contribution in [2.75, 3.05) is 0 Å². The van der Waals surface area contributed by atoms with Crippen LogP contribution in [0.2, 0.25) is 0 Å². The highest BCUT2D eigenvalue weighted by Crippen LogP contribution is 2.15. The number of aromatic nitrogens is 2. The smallest absolute Gasteiger partial charge is 0.208 e. The van der Waals surface area contributed by atoms with Gasteiger partial charge in [0.2, 0.25) is 5.89 Å². The summed E-state index contributed by atoms with van der Waals surface area (Å²) < 4.78 is 5.51. The van der Waals surface area contributed by atoms with Crippen molar-refractivity contribution in [1.82, 2.24) is 15.3 Å². The lowest BCUT2D eigenvalue weighted by molar-refractivity contribution is 0.424. The molecule has 0 saturated heterocycles. The van der Waals surface area contributed by atoms with Crippen LogP contribution in [0.3, 0.4) is 0 Å². The predicted molar refractivity (Wildman–Crippen MR) is 63.2 cm³/mol. The Bertz CT molecular complexity index is 424. The monoisotopic (exact) mass is 237 g/mol. The maximum absolute atomic E-state index is 5.51. The number of nitrogens with one attached hydrogen (secondary N) is 1. The Labute approximate surface area is 98.7 Å². The van der Waals surface area contributed by atoms with Crippen molar-refractivity contribution in [2.45, 2.75) is 32.9 Å². The van der Waals surface area contributed by atoms with E-state index in [1.165, 1.54) is 0 Å². The van der Waals surface area contributed by atoms with Crippen molar-refractivity contribution in [1.29, 1.82) is 0 Å². The molecule has 2 aromatic rings. The Kier molecular flexibility index (Phi) is 3.69. The quantitative estimate of drug-likeness (QED) is 0.868. The first-order valence-electron chi connectivity index (χ1n) is 5.36. The third-order valence-electron chi connectivity index (χ3n) is 2.33. The number of rotatable bonds is 5. The largest absolute Gasteiger partial charge is 0.444 e. The standard InChI is InChI=1S/C11H15N3OS/c1-3-9-6-14-10(15-9)7-13-8(2)11-12-4-5-16-11/h4-6,8,13H,3,7H2,1-2H3. The van der Waals surface area contributed by atoms with E-state index in [2.05, 4.69) is 29.1 Å². The molecule has 0 aliphatic carbocycles. The van der Waals surface area contributed by atoms with E-state index in [-0.39, 0.29) is 6.04 Å². The van der Waals surface area contributed by atoms with Gasteiger partial charge in [0.05, 0.1) is 18.8 Å². The summed E-state index contributed by atoms with van der Waals surface area (Å²) in [6.07, 6.45) is 4.48. The summed E-state index contributed by atoms with van der Waals surface area (Å²) in [7, 11) is 0. The average Bonchev–Trinajstić information content (AvgIpc) is 2.96. The van der Waals surface area contributed by atoms with Gasteiger partial charge in [-0.25, -0.2) is 9.97 Å². The average molecular weight is 237 g/mol. The molecule has 0 amide bonds. The fraction of sp³-hybridized carbons (Fsp3) is 0.455. The van der Waals surface area contributed by atoms with Gasteiger partial charge in [0.25, 0.3) is 0 Å². The third-order valence-corrected chi connectivity index (χ3v) is 3.29. The van der Waals surface area contributed by atoms with Crippen molar-refractivity contribution in [2.24, 2.45) is 0 Å². The Morgan fingerprint density at radius 2 is 2.38 bits per heavy atom. The van der Waals surface area contributed by atoms with E-state index in [9.17, 15) is 0 Å². The molecule has 0 aliphatic heterocycles. The minimum absolute atomic E-state index is 0.233. The molecule has 2 heterocycles. The molecule has 0 spiro atoms. The molecule has 16 heavy (non-hydrogen) atoms. The second-order valence-electron chi connectivity index (χ2n) is 3.55. The summed E-state index contributed by atoms with van der Waals surface area (Å²) in [5.41, 5.74) is 0.